The van der Waals surface area contributed by atoms with Gasteiger partial charge in [0.1, 0.15) is 0 Å². The van der Waals surface area contributed by atoms with Gasteiger partial charge in [-0.3, -0.25) is 9.48 Å². The lowest BCUT2D eigenvalue weighted by molar-refractivity contribution is 0.608. The van der Waals surface area contributed by atoms with Gasteiger partial charge < -0.3 is 4.98 Å². The summed E-state index contributed by atoms with van der Waals surface area (Å²) in [7, 11) is 1.92. The van der Waals surface area contributed by atoms with Crippen LogP contribution < -0.4 is 5.56 Å². The van der Waals surface area contributed by atoms with Crippen LogP contribution in [0.25, 0.3) is 11.3 Å². The monoisotopic (exact) mass is 257 g/mol. The average molecular weight is 257 g/mol. The average Bonchev–Trinajstić information content (AvgIpc) is 2.77. The Labute approximate surface area is 112 Å². The Balaban J connectivity index is 2.18. The second-order valence-corrected chi connectivity index (χ2v) is 5.26. The van der Waals surface area contributed by atoms with E-state index < -0.39 is 0 Å². The van der Waals surface area contributed by atoms with E-state index in [1.165, 1.54) is 24.8 Å². The van der Waals surface area contributed by atoms with E-state index in [0.717, 1.165) is 36.2 Å². The number of hydrogen-bond donors (Lipinski definition) is 1. The van der Waals surface area contributed by atoms with Gasteiger partial charge in [-0.05, 0) is 37.3 Å². The van der Waals surface area contributed by atoms with Gasteiger partial charge in [-0.25, -0.2) is 0 Å². The fourth-order valence-corrected chi connectivity index (χ4v) is 2.96. The van der Waals surface area contributed by atoms with Crippen LogP contribution in [0.15, 0.2) is 23.1 Å². The van der Waals surface area contributed by atoms with Crippen molar-refractivity contribution in [3.05, 3.63) is 39.9 Å². The predicted molar refractivity (Wildman–Crippen MR) is 75.1 cm³/mol. The fourth-order valence-electron chi connectivity index (χ4n) is 2.96. The fraction of sp³-hybridized carbons (Fsp3) is 0.467. The molecule has 2 aromatic rings. The molecule has 19 heavy (non-hydrogen) atoms. The van der Waals surface area contributed by atoms with Gasteiger partial charge in [0.15, 0.2) is 0 Å². The first-order valence-electron chi connectivity index (χ1n) is 6.99. The minimum atomic E-state index is -0.00414. The van der Waals surface area contributed by atoms with E-state index in [2.05, 4.69) is 10.1 Å². The molecule has 0 aromatic carbocycles. The largest absolute Gasteiger partial charge is 0.326 e. The highest BCUT2D eigenvalue weighted by Gasteiger charge is 2.15. The van der Waals surface area contributed by atoms with Crippen molar-refractivity contribution in [2.75, 3.05) is 0 Å². The minimum absolute atomic E-state index is 0.00414. The lowest BCUT2D eigenvalue weighted by Gasteiger charge is -2.17. The van der Waals surface area contributed by atoms with Crippen LogP contribution in [-0.2, 0) is 19.9 Å². The number of hydrogen-bond acceptors (Lipinski definition) is 2. The molecule has 4 nitrogen and oxygen atoms in total. The normalized spacial score (nSPS) is 15.6. The molecule has 0 bridgehead atoms. The third-order valence-corrected chi connectivity index (χ3v) is 3.94. The Hall–Kier alpha value is -1.84. The van der Waals surface area contributed by atoms with Crippen molar-refractivity contribution in [3.63, 3.8) is 0 Å². The molecule has 0 aliphatic heterocycles. The van der Waals surface area contributed by atoms with E-state index in [4.69, 9.17) is 0 Å². The molecule has 0 saturated heterocycles. The van der Waals surface area contributed by atoms with Crippen molar-refractivity contribution in [2.24, 2.45) is 7.05 Å². The van der Waals surface area contributed by atoms with Crippen molar-refractivity contribution in [3.8, 4) is 11.3 Å². The molecule has 0 amide bonds. The zero-order valence-corrected chi connectivity index (χ0v) is 11.3. The van der Waals surface area contributed by atoms with Crippen LogP contribution in [0.4, 0.5) is 0 Å². The molecule has 1 aliphatic carbocycles. The SMILES string of the molecule is Cn1nccc1-c1cc(=O)[nH]c2c1CCCCCC2. The summed E-state index contributed by atoms with van der Waals surface area (Å²) in [5.41, 5.74) is 4.52. The molecule has 1 N–H and O–H groups in total. The molecule has 100 valence electrons. The van der Waals surface area contributed by atoms with Gasteiger partial charge in [0.05, 0.1) is 5.69 Å². The lowest BCUT2D eigenvalue weighted by Crippen LogP contribution is -2.15. The Kier molecular flexibility index (Phi) is 3.23. The van der Waals surface area contributed by atoms with Gasteiger partial charge in [0.25, 0.3) is 0 Å². The predicted octanol–water partition coefficient (Wildman–Crippen LogP) is 2.43. The molecular formula is C15H19N3O. The van der Waals surface area contributed by atoms with Crippen LogP contribution in [0.2, 0.25) is 0 Å². The lowest BCUT2D eigenvalue weighted by atomic mass is 9.92. The van der Waals surface area contributed by atoms with E-state index in [1.807, 2.05) is 17.8 Å². The van der Waals surface area contributed by atoms with E-state index in [1.54, 1.807) is 12.3 Å². The Morgan fingerprint density at radius 1 is 1.21 bits per heavy atom. The third-order valence-electron chi connectivity index (χ3n) is 3.94. The summed E-state index contributed by atoms with van der Waals surface area (Å²) in [5, 5.41) is 4.22. The molecule has 0 radical (unpaired) electrons. The van der Waals surface area contributed by atoms with Crippen molar-refractivity contribution in [1.82, 2.24) is 14.8 Å². The Morgan fingerprint density at radius 3 is 2.74 bits per heavy atom. The van der Waals surface area contributed by atoms with Crippen molar-refractivity contribution in [2.45, 2.75) is 38.5 Å². The van der Waals surface area contributed by atoms with Gasteiger partial charge in [-0.2, -0.15) is 5.10 Å². The van der Waals surface area contributed by atoms with Gasteiger partial charge in [0, 0.05) is 30.6 Å². The van der Waals surface area contributed by atoms with Gasteiger partial charge in [-0.15, -0.1) is 0 Å². The van der Waals surface area contributed by atoms with Gasteiger partial charge in [0.2, 0.25) is 5.56 Å². The summed E-state index contributed by atoms with van der Waals surface area (Å²) in [6.45, 7) is 0. The number of aromatic nitrogens is 3. The Morgan fingerprint density at radius 2 is 2.00 bits per heavy atom. The molecule has 2 heterocycles. The highest BCUT2D eigenvalue weighted by atomic mass is 16.1. The first-order chi connectivity index (χ1) is 9.25. The van der Waals surface area contributed by atoms with E-state index in [-0.39, 0.29) is 5.56 Å². The Bertz CT molecular complexity index is 639. The summed E-state index contributed by atoms with van der Waals surface area (Å²) >= 11 is 0. The third kappa shape index (κ3) is 2.35. The molecule has 3 rings (SSSR count). The summed E-state index contributed by atoms with van der Waals surface area (Å²) in [4.78, 5) is 14.9. The topological polar surface area (TPSA) is 50.7 Å². The number of rotatable bonds is 1. The van der Waals surface area contributed by atoms with Gasteiger partial charge in [-0.1, -0.05) is 12.8 Å². The quantitative estimate of drug-likeness (QED) is 0.853. The van der Waals surface area contributed by atoms with Crippen LogP contribution in [0.5, 0.6) is 0 Å². The number of aromatic amines is 1. The summed E-state index contributed by atoms with van der Waals surface area (Å²) < 4.78 is 1.84. The molecule has 0 fully saturated rings. The second-order valence-electron chi connectivity index (χ2n) is 5.26. The van der Waals surface area contributed by atoms with Crippen LogP contribution >= 0.6 is 0 Å². The van der Waals surface area contributed by atoms with Crippen LogP contribution in [0, 0.1) is 0 Å². The van der Waals surface area contributed by atoms with Crippen molar-refractivity contribution in [1.29, 1.82) is 0 Å². The number of pyridine rings is 1. The number of H-pyrrole nitrogens is 1. The van der Waals surface area contributed by atoms with Crippen LogP contribution in [-0.4, -0.2) is 14.8 Å². The maximum Gasteiger partial charge on any atom is 0.248 e. The smallest absolute Gasteiger partial charge is 0.248 e. The molecule has 0 unspecified atom stereocenters. The summed E-state index contributed by atoms with van der Waals surface area (Å²) in [6, 6.07) is 3.70. The molecule has 2 aromatic heterocycles. The maximum atomic E-state index is 11.9. The van der Waals surface area contributed by atoms with Crippen molar-refractivity contribution >= 4 is 0 Å². The first-order valence-corrected chi connectivity index (χ1v) is 6.99. The van der Waals surface area contributed by atoms with E-state index in [0.29, 0.717) is 0 Å². The zero-order valence-electron chi connectivity index (χ0n) is 11.3. The molecule has 0 atom stereocenters. The maximum absolute atomic E-state index is 11.9. The standard InChI is InChI=1S/C15H19N3O/c1-18-14(8-9-16-18)12-10-15(19)17-13-7-5-3-2-4-6-11(12)13/h8-10H,2-7H2,1H3,(H,17,19). The zero-order chi connectivity index (χ0) is 13.2. The van der Waals surface area contributed by atoms with Crippen LogP contribution in [0.3, 0.4) is 0 Å². The molecule has 1 aliphatic rings. The van der Waals surface area contributed by atoms with Gasteiger partial charge >= 0.3 is 0 Å². The number of nitrogens with one attached hydrogen (secondary N) is 1. The van der Waals surface area contributed by atoms with Crippen molar-refractivity contribution < 1.29 is 0 Å². The first kappa shape index (κ1) is 12.2. The van der Waals surface area contributed by atoms with E-state index in [9.17, 15) is 4.79 Å². The molecule has 0 spiro atoms. The number of aryl methyl sites for hydroxylation is 2. The highest BCUT2D eigenvalue weighted by molar-refractivity contribution is 5.64. The summed E-state index contributed by atoms with van der Waals surface area (Å²) in [5.74, 6) is 0. The second kappa shape index (κ2) is 5.03. The number of fused-ring (bicyclic) bond motifs is 1. The highest BCUT2D eigenvalue weighted by Crippen LogP contribution is 2.27. The molecule has 0 saturated carbocycles. The molecule has 4 heteroatoms. The van der Waals surface area contributed by atoms with E-state index >= 15 is 0 Å². The minimum Gasteiger partial charge on any atom is -0.326 e. The molecular weight excluding hydrogens is 238 g/mol. The van der Waals surface area contributed by atoms with Crippen LogP contribution in [0.1, 0.15) is 36.9 Å². The summed E-state index contributed by atoms with van der Waals surface area (Å²) in [6.07, 6.45) is 8.72. The number of nitrogens with zero attached hydrogens (tertiary/aromatic N) is 2.